The number of pyridine rings is 2. The van der Waals surface area contributed by atoms with Crippen LogP contribution < -0.4 is 4.90 Å². The van der Waals surface area contributed by atoms with Gasteiger partial charge in [0.25, 0.3) is 5.91 Å². The molecule has 1 aliphatic heterocycles. The van der Waals surface area contributed by atoms with Crippen molar-refractivity contribution >= 4 is 23.5 Å². The summed E-state index contributed by atoms with van der Waals surface area (Å²) in [5, 5.41) is 4.72. The molecule has 0 aromatic carbocycles. The first-order valence-corrected chi connectivity index (χ1v) is 10.1. The lowest BCUT2D eigenvalue weighted by Crippen LogP contribution is -2.49. The number of amides is 1. The number of hydrogen-bond donors (Lipinski definition) is 0. The average Bonchev–Trinajstić information content (AvgIpc) is 3.18. The van der Waals surface area contributed by atoms with E-state index in [0.717, 1.165) is 35.4 Å². The van der Waals surface area contributed by atoms with Gasteiger partial charge in [0.2, 0.25) is 0 Å². The minimum absolute atomic E-state index is 0.0209. The van der Waals surface area contributed by atoms with Gasteiger partial charge in [0, 0.05) is 50.4 Å². The number of carbonyl (C=O) groups excluding carboxylic acids is 1. The van der Waals surface area contributed by atoms with Crippen LogP contribution in [0.4, 0.5) is 5.82 Å². The van der Waals surface area contributed by atoms with Crippen molar-refractivity contribution in [2.24, 2.45) is 0 Å². The van der Waals surface area contributed by atoms with E-state index in [4.69, 9.17) is 4.52 Å². The number of aryl methyl sites for hydroxylation is 1. The van der Waals surface area contributed by atoms with Gasteiger partial charge in [-0.05, 0) is 31.2 Å². The largest absolute Gasteiger partial charge is 0.361 e. The van der Waals surface area contributed by atoms with E-state index in [-0.39, 0.29) is 5.91 Å². The number of hydrogen-bond acceptors (Lipinski definition) is 7. The van der Waals surface area contributed by atoms with Gasteiger partial charge >= 0.3 is 0 Å². The predicted molar refractivity (Wildman–Crippen MR) is 107 cm³/mol. The molecule has 4 heterocycles. The number of thioether (sulfide) groups is 1. The number of anilines is 1. The number of carbonyl (C=O) groups is 1. The molecule has 1 fully saturated rings. The van der Waals surface area contributed by atoms with Crippen molar-refractivity contribution in [3.8, 4) is 0 Å². The second-order valence-electron chi connectivity index (χ2n) is 6.54. The highest BCUT2D eigenvalue weighted by Gasteiger charge is 2.25. The number of aromatic nitrogens is 3. The van der Waals surface area contributed by atoms with Gasteiger partial charge < -0.3 is 14.3 Å². The molecule has 1 amide bonds. The van der Waals surface area contributed by atoms with E-state index in [0.29, 0.717) is 24.4 Å². The van der Waals surface area contributed by atoms with Crippen LogP contribution in [0, 0.1) is 6.92 Å². The monoisotopic (exact) mass is 395 g/mol. The van der Waals surface area contributed by atoms with E-state index in [1.807, 2.05) is 48.2 Å². The SMILES string of the molecule is Cc1cc(CSc2ncccc2C(=O)N2CCN(c3ccccn3)CC2)no1. The summed E-state index contributed by atoms with van der Waals surface area (Å²) in [5.74, 6) is 2.36. The fourth-order valence-electron chi connectivity index (χ4n) is 3.15. The average molecular weight is 395 g/mol. The van der Waals surface area contributed by atoms with Crippen molar-refractivity contribution in [1.82, 2.24) is 20.0 Å². The summed E-state index contributed by atoms with van der Waals surface area (Å²) in [4.78, 5) is 26.0. The topological polar surface area (TPSA) is 75.4 Å². The molecular weight excluding hydrogens is 374 g/mol. The molecule has 1 aliphatic rings. The van der Waals surface area contributed by atoms with Crippen LogP contribution in [0.15, 0.2) is 58.3 Å². The second kappa shape index (κ2) is 8.43. The van der Waals surface area contributed by atoms with Crippen LogP contribution in [-0.2, 0) is 5.75 Å². The van der Waals surface area contributed by atoms with E-state index in [9.17, 15) is 4.79 Å². The van der Waals surface area contributed by atoms with Gasteiger partial charge in [0.15, 0.2) is 0 Å². The molecule has 0 bridgehead atoms. The first kappa shape index (κ1) is 18.5. The van der Waals surface area contributed by atoms with E-state index in [1.54, 1.807) is 12.4 Å². The van der Waals surface area contributed by atoms with Crippen LogP contribution in [0.3, 0.4) is 0 Å². The fraction of sp³-hybridized carbons (Fsp3) is 0.300. The third-order valence-corrected chi connectivity index (χ3v) is 5.61. The van der Waals surface area contributed by atoms with Crippen molar-refractivity contribution in [3.05, 3.63) is 65.8 Å². The molecule has 8 heteroatoms. The second-order valence-corrected chi connectivity index (χ2v) is 7.50. The predicted octanol–water partition coefficient (Wildman–Crippen LogP) is 3.03. The summed E-state index contributed by atoms with van der Waals surface area (Å²) in [5.41, 5.74) is 1.48. The summed E-state index contributed by atoms with van der Waals surface area (Å²) in [6, 6.07) is 11.4. The molecule has 0 radical (unpaired) electrons. The van der Waals surface area contributed by atoms with Crippen LogP contribution in [0.25, 0.3) is 0 Å². The van der Waals surface area contributed by atoms with Crippen LogP contribution >= 0.6 is 11.8 Å². The zero-order valence-electron chi connectivity index (χ0n) is 15.6. The lowest BCUT2D eigenvalue weighted by Gasteiger charge is -2.35. The standard InChI is InChI=1S/C20H21N5O2S/c1-15-13-16(23-27-15)14-28-19-17(5-4-8-22-19)20(26)25-11-9-24(10-12-25)18-6-2-3-7-21-18/h2-8,13H,9-12,14H2,1H3. The molecular formula is C20H21N5O2S. The van der Waals surface area contributed by atoms with Gasteiger partial charge in [-0.25, -0.2) is 9.97 Å². The summed E-state index contributed by atoms with van der Waals surface area (Å²) in [6.45, 7) is 4.72. The van der Waals surface area contributed by atoms with Crippen molar-refractivity contribution < 1.29 is 9.32 Å². The summed E-state index contributed by atoms with van der Waals surface area (Å²) < 4.78 is 5.10. The Bertz CT molecular complexity index is 939. The minimum Gasteiger partial charge on any atom is -0.361 e. The molecule has 0 atom stereocenters. The van der Waals surface area contributed by atoms with E-state index < -0.39 is 0 Å². The maximum atomic E-state index is 13.1. The van der Waals surface area contributed by atoms with Gasteiger partial charge in [0.05, 0.1) is 11.3 Å². The Hall–Kier alpha value is -2.87. The maximum Gasteiger partial charge on any atom is 0.256 e. The zero-order chi connectivity index (χ0) is 19.3. The first-order chi connectivity index (χ1) is 13.7. The molecule has 7 nitrogen and oxygen atoms in total. The van der Waals surface area contributed by atoms with E-state index >= 15 is 0 Å². The molecule has 0 N–H and O–H groups in total. The Balaban J connectivity index is 1.41. The van der Waals surface area contributed by atoms with Crippen molar-refractivity contribution in [1.29, 1.82) is 0 Å². The highest BCUT2D eigenvalue weighted by Crippen LogP contribution is 2.25. The Labute approximate surface area is 167 Å². The number of nitrogens with zero attached hydrogens (tertiary/aromatic N) is 5. The lowest BCUT2D eigenvalue weighted by molar-refractivity contribution is 0.0742. The maximum absolute atomic E-state index is 13.1. The summed E-state index contributed by atoms with van der Waals surface area (Å²) in [7, 11) is 0. The Kier molecular flexibility index (Phi) is 5.57. The highest BCUT2D eigenvalue weighted by atomic mass is 32.2. The molecule has 0 spiro atoms. The molecule has 3 aromatic heterocycles. The third kappa shape index (κ3) is 4.17. The molecule has 144 valence electrons. The summed E-state index contributed by atoms with van der Waals surface area (Å²) >= 11 is 1.50. The van der Waals surface area contributed by atoms with Crippen molar-refractivity contribution in [2.45, 2.75) is 17.7 Å². The smallest absolute Gasteiger partial charge is 0.256 e. The van der Waals surface area contributed by atoms with Gasteiger partial charge in [0.1, 0.15) is 16.6 Å². The molecule has 3 aromatic rings. The Morgan fingerprint density at radius 3 is 2.64 bits per heavy atom. The van der Waals surface area contributed by atoms with Crippen molar-refractivity contribution in [2.75, 3.05) is 31.1 Å². The molecule has 0 unspecified atom stereocenters. The van der Waals surface area contributed by atoms with Gasteiger partial charge in [-0.2, -0.15) is 0 Å². The molecule has 0 aliphatic carbocycles. The quantitative estimate of drug-likeness (QED) is 0.615. The van der Waals surface area contributed by atoms with Crippen LogP contribution in [0.1, 0.15) is 21.8 Å². The number of piperazine rings is 1. The van der Waals surface area contributed by atoms with Gasteiger partial charge in [-0.1, -0.05) is 23.0 Å². The third-order valence-electron chi connectivity index (χ3n) is 4.58. The van der Waals surface area contributed by atoms with E-state index in [1.165, 1.54) is 11.8 Å². The highest BCUT2D eigenvalue weighted by molar-refractivity contribution is 7.98. The van der Waals surface area contributed by atoms with E-state index in [2.05, 4.69) is 20.0 Å². The molecule has 4 rings (SSSR count). The number of rotatable bonds is 5. The Morgan fingerprint density at radius 2 is 1.93 bits per heavy atom. The van der Waals surface area contributed by atoms with Crippen LogP contribution in [-0.4, -0.2) is 52.1 Å². The van der Waals surface area contributed by atoms with Gasteiger partial charge in [-0.15, -0.1) is 0 Å². The minimum atomic E-state index is 0.0209. The Morgan fingerprint density at radius 1 is 1.11 bits per heavy atom. The lowest BCUT2D eigenvalue weighted by atomic mass is 10.2. The first-order valence-electron chi connectivity index (χ1n) is 9.16. The fourth-order valence-corrected chi connectivity index (χ4v) is 4.01. The molecule has 28 heavy (non-hydrogen) atoms. The molecule has 1 saturated heterocycles. The normalized spacial score (nSPS) is 14.3. The van der Waals surface area contributed by atoms with Gasteiger partial charge in [-0.3, -0.25) is 4.79 Å². The van der Waals surface area contributed by atoms with Crippen LogP contribution in [0.5, 0.6) is 0 Å². The molecule has 0 saturated carbocycles. The van der Waals surface area contributed by atoms with Crippen molar-refractivity contribution in [3.63, 3.8) is 0 Å². The van der Waals surface area contributed by atoms with Crippen LogP contribution in [0.2, 0.25) is 0 Å². The summed E-state index contributed by atoms with van der Waals surface area (Å²) in [6.07, 6.45) is 3.51. The zero-order valence-corrected chi connectivity index (χ0v) is 16.4.